The summed E-state index contributed by atoms with van der Waals surface area (Å²) in [5.41, 5.74) is 5.06. The lowest BCUT2D eigenvalue weighted by molar-refractivity contribution is -0.123. The summed E-state index contributed by atoms with van der Waals surface area (Å²) in [4.78, 5) is 23.6. The Balaban J connectivity index is 1.82. The topological polar surface area (TPSA) is 67.4 Å². The monoisotopic (exact) mass is 508 g/mol. The Kier molecular flexibility index (Phi) is 6.67. The molecule has 0 bridgehead atoms. The number of hydrazine groups is 1. The number of amides is 2. The number of nitrogens with one attached hydrogen (secondary N) is 2. The van der Waals surface area contributed by atoms with Crippen LogP contribution in [-0.2, 0) is 4.79 Å². The summed E-state index contributed by atoms with van der Waals surface area (Å²) in [6, 6.07) is 12.0. The number of rotatable bonds is 4. The van der Waals surface area contributed by atoms with E-state index in [1.54, 1.807) is 36.4 Å². The summed E-state index contributed by atoms with van der Waals surface area (Å²) < 4.78 is 7.03. The molecule has 0 aliphatic carbocycles. The average molecular weight is 510 g/mol. The zero-order valence-electron chi connectivity index (χ0n) is 11.6. The minimum absolute atomic E-state index is 0.270. The van der Waals surface area contributed by atoms with Gasteiger partial charge in [0.05, 0.1) is 5.02 Å². The summed E-state index contributed by atoms with van der Waals surface area (Å²) in [7, 11) is 0. The fourth-order valence-electron chi connectivity index (χ4n) is 1.60. The van der Waals surface area contributed by atoms with Gasteiger partial charge in [0.1, 0.15) is 5.75 Å². The van der Waals surface area contributed by atoms with Crippen LogP contribution in [0.4, 0.5) is 0 Å². The molecule has 2 aromatic carbocycles. The highest BCUT2D eigenvalue weighted by Gasteiger charge is 2.09. The van der Waals surface area contributed by atoms with Gasteiger partial charge >= 0.3 is 0 Å². The van der Waals surface area contributed by atoms with Gasteiger partial charge in [0.15, 0.2) is 6.61 Å². The van der Waals surface area contributed by atoms with Crippen molar-refractivity contribution >= 4 is 61.9 Å². The first-order valence-corrected chi connectivity index (χ1v) is 8.63. The van der Waals surface area contributed by atoms with Crippen molar-refractivity contribution in [1.29, 1.82) is 0 Å². The normalized spacial score (nSPS) is 10.0. The van der Waals surface area contributed by atoms with Crippen molar-refractivity contribution in [3.05, 3.63) is 61.1 Å². The van der Waals surface area contributed by atoms with Gasteiger partial charge in [0, 0.05) is 13.6 Å². The summed E-state index contributed by atoms with van der Waals surface area (Å²) >= 11 is 11.4. The van der Waals surface area contributed by atoms with Crippen LogP contribution in [-0.4, -0.2) is 18.4 Å². The van der Waals surface area contributed by atoms with E-state index in [0.717, 1.165) is 8.04 Å². The van der Waals surface area contributed by atoms with Gasteiger partial charge in [-0.3, -0.25) is 20.4 Å². The molecule has 2 N–H and O–H groups in total. The second kappa shape index (κ2) is 8.51. The predicted molar refractivity (Wildman–Crippen MR) is 99.4 cm³/mol. The van der Waals surface area contributed by atoms with E-state index in [2.05, 4.69) is 49.4 Å². The van der Waals surface area contributed by atoms with Crippen LogP contribution in [0.2, 0.25) is 5.02 Å². The maximum Gasteiger partial charge on any atom is 0.276 e. The maximum absolute atomic E-state index is 11.9. The van der Waals surface area contributed by atoms with E-state index in [1.807, 2.05) is 6.07 Å². The summed E-state index contributed by atoms with van der Waals surface area (Å²) in [6.45, 7) is -0.270. The van der Waals surface area contributed by atoms with Gasteiger partial charge in [-0.15, -0.1) is 0 Å². The average Bonchev–Trinajstić information content (AvgIpc) is 2.51. The first kappa shape index (κ1) is 18.0. The number of hydrogen-bond donors (Lipinski definition) is 2. The van der Waals surface area contributed by atoms with Crippen molar-refractivity contribution in [3.8, 4) is 5.75 Å². The Bertz CT molecular complexity index is 742. The van der Waals surface area contributed by atoms with Gasteiger partial charge in [0.2, 0.25) is 0 Å². The minimum atomic E-state index is -0.497. The molecule has 0 radical (unpaired) electrons. The lowest BCUT2D eigenvalue weighted by atomic mass is 10.2. The van der Waals surface area contributed by atoms with E-state index in [1.165, 1.54) is 0 Å². The molecule has 23 heavy (non-hydrogen) atoms. The first-order chi connectivity index (χ1) is 11.0. The highest BCUT2D eigenvalue weighted by Crippen LogP contribution is 2.27. The standard InChI is InChI=1S/C15H11BrClIN2O3/c16-10-4-5-13(12(17)7-10)23-8-14(21)19-20-15(22)9-2-1-3-11(18)6-9/h1-7H,8H2,(H,19,21)(H,20,22). The largest absolute Gasteiger partial charge is 0.482 e. The fraction of sp³-hybridized carbons (Fsp3) is 0.0667. The molecule has 2 rings (SSSR count). The number of ether oxygens (including phenoxy) is 1. The number of benzene rings is 2. The van der Waals surface area contributed by atoms with Crippen molar-refractivity contribution < 1.29 is 14.3 Å². The van der Waals surface area contributed by atoms with E-state index >= 15 is 0 Å². The summed E-state index contributed by atoms with van der Waals surface area (Å²) in [5.74, 6) is -0.518. The molecule has 0 aliphatic heterocycles. The molecule has 2 aromatic rings. The van der Waals surface area contributed by atoms with Crippen molar-refractivity contribution in [2.75, 3.05) is 6.61 Å². The number of halogens is 3. The second-order valence-corrected chi connectivity index (χ2v) is 6.94. The molecular formula is C15H11BrClIN2O3. The number of hydrogen-bond acceptors (Lipinski definition) is 3. The van der Waals surface area contributed by atoms with Crippen LogP contribution in [0.15, 0.2) is 46.9 Å². The van der Waals surface area contributed by atoms with Crippen molar-refractivity contribution in [1.82, 2.24) is 10.9 Å². The highest BCUT2D eigenvalue weighted by molar-refractivity contribution is 14.1. The predicted octanol–water partition coefficient (Wildman–Crippen LogP) is 3.55. The summed E-state index contributed by atoms with van der Waals surface area (Å²) in [6.07, 6.45) is 0. The van der Waals surface area contributed by atoms with E-state index < -0.39 is 11.8 Å². The number of carbonyl (C=O) groups is 2. The molecule has 0 spiro atoms. The van der Waals surface area contributed by atoms with Crippen LogP contribution >= 0.6 is 50.1 Å². The smallest absolute Gasteiger partial charge is 0.276 e. The van der Waals surface area contributed by atoms with Gasteiger partial charge in [-0.2, -0.15) is 0 Å². The van der Waals surface area contributed by atoms with Crippen LogP contribution in [0.1, 0.15) is 10.4 Å². The third kappa shape index (κ3) is 5.67. The third-order valence-corrected chi connectivity index (χ3v) is 4.11. The molecule has 0 fully saturated rings. The SMILES string of the molecule is O=C(COc1ccc(Br)cc1Cl)NNC(=O)c1cccc(I)c1. The van der Waals surface area contributed by atoms with Gasteiger partial charge in [0.25, 0.3) is 11.8 Å². The number of carbonyl (C=O) groups excluding carboxylic acids is 2. The van der Waals surface area contributed by atoms with Crippen LogP contribution in [0.25, 0.3) is 0 Å². The molecule has 0 saturated carbocycles. The minimum Gasteiger partial charge on any atom is -0.482 e. The molecule has 0 unspecified atom stereocenters. The lowest BCUT2D eigenvalue weighted by Gasteiger charge is -2.10. The fourth-order valence-corrected chi connectivity index (χ4v) is 2.87. The maximum atomic E-state index is 11.9. The first-order valence-electron chi connectivity index (χ1n) is 6.38. The molecule has 0 saturated heterocycles. The van der Waals surface area contributed by atoms with Crippen LogP contribution < -0.4 is 15.6 Å². The Hall–Kier alpha value is -1.32. The lowest BCUT2D eigenvalue weighted by Crippen LogP contribution is -2.43. The van der Waals surface area contributed by atoms with Crippen LogP contribution in [0.5, 0.6) is 5.75 Å². The highest BCUT2D eigenvalue weighted by atomic mass is 127. The Morgan fingerprint density at radius 2 is 1.96 bits per heavy atom. The Labute approximate surface area is 160 Å². The van der Waals surface area contributed by atoms with Gasteiger partial charge in [-0.05, 0) is 59.0 Å². The Morgan fingerprint density at radius 1 is 1.17 bits per heavy atom. The molecule has 0 atom stereocenters. The van der Waals surface area contributed by atoms with E-state index in [0.29, 0.717) is 16.3 Å². The van der Waals surface area contributed by atoms with Crippen LogP contribution in [0, 0.1) is 3.57 Å². The third-order valence-electron chi connectivity index (χ3n) is 2.65. The zero-order chi connectivity index (χ0) is 16.8. The van der Waals surface area contributed by atoms with E-state index in [-0.39, 0.29) is 6.61 Å². The molecule has 0 heterocycles. The zero-order valence-corrected chi connectivity index (χ0v) is 16.1. The van der Waals surface area contributed by atoms with Crippen molar-refractivity contribution in [2.45, 2.75) is 0 Å². The summed E-state index contributed by atoms with van der Waals surface area (Å²) in [5, 5.41) is 0.384. The molecule has 2 amide bonds. The van der Waals surface area contributed by atoms with Crippen molar-refractivity contribution in [2.24, 2.45) is 0 Å². The van der Waals surface area contributed by atoms with E-state index in [4.69, 9.17) is 16.3 Å². The second-order valence-electron chi connectivity index (χ2n) is 4.38. The Morgan fingerprint density at radius 3 is 2.65 bits per heavy atom. The molecule has 8 heteroatoms. The van der Waals surface area contributed by atoms with E-state index in [9.17, 15) is 9.59 Å². The molecular weight excluding hydrogens is 498 g/mol. The quantitative estimate of drug-likeness (QED) is 0.490. The van der Waals surface area contributed by atoms with Gasteiger partial charge < -0.3 is 4.74 Å². The van der Waals surface area contributed by atoms with Crippen LogP contribution in [0.3, 0.4) is 0 Å². The molecule has 0 aromatic heterocycles. The molecule has 0 aliphatic rings. The van der Waals surface area contributed by atoms with Gasteiger partial charge in [-0.25, -0.2) is 0 Å². The van der Waals surface area contributed by atoms with Gasteiger partial charge in [-0.1, -0.05) is 33.6 Å². The van der Waals surface area contributed by atoms with Crippen molar-refractivity contribution in [3.63, 3.8) is 0 Å². The molecule has 120 valence electrons. The molecule has 5 nitrogen and oxygen atoms in total.